The van der Waals surface area contributed by atoms with Crippen LogP contribution < -0.4 is 5.32 Å². The van der Waals surface area contributed by atoms with Crippen molar-refractivity contribution in [3.05, 3.63) is 11.7 Å². The Balaban J connectivity index is 1.97. The lowest BCUT2D eigenvalue weighted by Crippen LogP contribution is -2.33. The van der Waals surface area contributed by atoms with Crippen LogP contribution in [0.2, 0.25) is 0 Å². The van der Waals surface area contributed by atoms with E-state index < -0.39 is 0 Å². The third-order valence-electron chi connectivity index (χ3n) is 3.49. The molecule has 2 rings (SSSR count). The first-order valence-corrected chi connectivity index (χ1v) is 6.83. The SMILES string of the molecule is CCCNC(CC)C(C)c1nc(C2CC2)no1. The molecular weight excluding hydrogens is 214 g/mol. The van der Waals surface area contributed by atoms with E-state index >= 15 is 0 Å². The molecule has 0 aromatic carbocycles. The molecule has 96 valence electrons. The number of rotatable bonds is 7. The average Bonchev–Trinajstić information content (AvgIpc) is 3.08. The Morgan fingerprint density at radius 3 is 2.76 bits per heavy atom. The molecule has 1 aromatic rings. The van der Waals surface area contributed by atoms with Gasteiger partial charge in [0.1, 0.15) is 0 Å². The highest BCUT2D eigenvalue weighted by atomic mass is 16.5. The molecule has 0 bridgehead atoms. The second kappa shape index (κ2) is 5.63. The van der Waals surface area contributed by atoms with Crippen molar-refractivity contribution in [2.75, 3.05) is 6.54 Å². The van der Waals surface area contributed by atoms with Crippen LogP contribution in [0.4, 0.5) is 0 Å². The zero-order chi connectivity index (χ0) is 12.3. The molecule has 0 spiro atoms. The fourth-order valence-electron chi connectivity index (χ4n) is 2.12. The molecule has 0 saturated heterocycles. The molecular formula is C13H23N3O. The maximum atomic E-state index is 5.39. The Bertz CT molecular complexity index is 346. The minimum Gasteiger partial charge on any atom is -0.339 e. The van der Waals surface area contributed by atoms with E-state index in [0.29, 0.717) is 17.9 Å². The fourth-order valence-corrected chi connectivity index (χ4v) is 2.12. The zero-order valence-corrected chi connectivity index (χ0v) is 11.1. The zero-order valence-electron chi connectivity index (χ0n) is 11.1. The number of aromatic nitrogens is 2. The van der Waals surface area contributed by atoms with Crippen LogP contribution in [0.25, 0.3) is 0 Å². The maximum absolute atomic E-state index is 5.39. The minimum absolute atomic E-state index is 0.298. The van der Waals surface area contributed by atoms with Gasteiger partial charge in [-0.05, 0) is 32.2 Å². The number of nitrogens with zero attached hydrogens (tertiary/aromatic N) is 2. The van der Waals surface area contributed by atoms with Crippen molar-refractivity contribution in [3.8, 4) is 0 Å². The first-order chi connectivity index (χ1) is 8.26. The number of hydrogen-bond acceptors (Lipinski definition) is 4. The summed E-state index contributed by atoms with van der Waals surface area (Å²) in [5.74, 6) is 2.58. The molecule has 1 heterocycles. The maximum Gasteiger partial charge on any atom is 0.231 e. The molecule has 1 aliphatic carbocycles. The Kier molecular flexibility index (Phi) is 4.15. The van der Waals surface area contributed by atoms with Crippen LogP contribution >= 0.6 is 0 Å². The van der Waals surface area contributed by atoms with Crippen LogP contribution in [0, 0.1) is 0 Å². The van der Waals surface area contributed by atoms with E-state index in [1.165, 1.54) is 12.8 Å². The summed E-state index contributed by atoms with van der Waals surface area (Å²) >= 11 is 0. The van der Waals surface area contributed by atoms with Gasteiger partial charge in [-0.2, -0.15) is 4.98 Å². The van der Waals surface area contributed by atoms with Gasteiger partial charge >= 0.3 is 0 Å². The Morgan fingerprint density at radius 1 is 1.41 bits per heavy atom. The predicted molar refractivity (Wildman–Crippen MR) is 67.1 cm³/mol. The normalized spacial score (nSPS) is 19.2. The summed E-state index contributed by atoms with van der Waals surface area (Å²) < 4.78 is 5.39. The molecule has 4 heteroatoms. The summed E-state index contributed by atoms with van der Waals surface area (Å²) in [6.07, 6.45) is 4.68. The lowest BCUT2D eigenvalue weighted by molar-refractivity contribution is 0.317. The molecule has 17 heavy (non-hydrogen) atoms. The second-order valence-corrected chi connectivity index (χ2v) is 5.02. The van der Waals surface area contributed by atoms with E-state index in [2.05, 4.69) is 36.2 Å². The van der Waals surface area contributed by atoms with Gasteiger partial charge in [-0.1, -0.05) is 25.9 Å². The molecule has 1 aromatic heterocycles. The third kappa shape index (κ3) is 3.06. The van der Waals surface area contributed by atoms with Crippen LogP contribution in [0.1, 0.15) is 70.0 Å². The van der Waals surface area contributed by atoms with Crippen LogP contribution in [-0.2, 0) is 0 Å². The lowest BCUT2D eigenvalue weighted by Gasteiger charge is -2.20. The highest BCUT2D eigenvalue weighted by molar-refractivity contribution is 5.06. The van der Waals surface area contributed by atoms with Crippen molar-refractivity contribution >= 4 is 0 Å². The van der Waals surface area contributed by atoms with Crippen LogP contribution in [-0.4, -0.2) is 22.7 Å². The largest absolute Gasteiger partial charge is 0.339 e. The van der Waals surface area contributed by atoms with Gasteiger partial charge in [0.15, 0.2) is 5.82 Å². The van der Waals surface area contributed by atoms with Crippen molar-refractivity contribution in [2.45, 2.75) is 64.3 Å². The third-order valence-corrected chi connectivity index (χ3v) is 3.49. The van der Waals surface area contributed by atoms with Gasteiger partial charge in [0.05, 0.1) is 5.92 Å². The molecule has 0 radical (unpaired) electrons. The monoisotopic (exact) mass is 237 g/mol. The summed E-state index contributed by atoms with van der Waals surface area (Å²) in [4.78, 5) is 4.53. The van der Waals surface area contributed by atoms with Gasteiger partial charge in [0.2, 0.25) is 5.89 Å². The summed E-state index contributed by atoms with van der Waals surface area (Å²) in [7, 11) is 0. The summed E-state index contributed by atoms with van der Waals surface area (Å²) in [5, 5.41) is 7.63. The van der Waals surface area contributed by atoms with E-state index in [4.69, 9.17) is 4.52 Å². The van der Waals surface area contributed by atoms with E-state index in [9.17, 15) is 0 Å². The summed E-state index contributed by atoms with van der Waals surface area (Å²) in [6.45, 7) is 7.60. The molecule has 2 atom stereocenters. The van der Waals surface area contributed by atoms with Crippen molar-refractivity contribution in [3.63, 3.8) is 0 Å². The van der Waals surface area contributed by atoms with Crippen molar-refractivity contribution in [1.82, 2.24) is 15.5 Å². The molecule has 1 aliphatic rings. The standard InChI is InChI=1S/C13H23N3O/c1-4-8-14-11(5-2)9(3)13-15-12(16-17-13)10-6-7-10/h9-11,14H,4-8H2,1-3H3. The van der Waals surface area contributed by atoms with Crippen molar-refractivity contribution in [2.24, 2.45) is 0 Å². The van der Waals surface area contributed by atoms with E-state index in [-0.39, 0.29) is 0 Å². The summed E-state index contributed by atoms with van der Waals surface area (Å²) in [5.41, 5.74) is 0. The van der Waals surface area contributed by atoms with Gasteiger partial charge in [-0.15, -0.1) is 0 Å². The predicted octanol–water partition coefficient (Wildman–Crippen LogP) is 2.83. The van der Waals surface area contributed by atoms with E-state index in [0.717, 1.165) is 31.1 Å². The molecule has 0 amide bonds. The van der Waals surface area contributed by atoms with Crippen molar-refractivity contribution in [1.29, 1.82) is 0 Å². The average molecular weight is 237 g/mol. The minimum atomic E-state index is 0.298. The molecule has 4 nitrogen and oxygen atoms in total. The molecule has 2 unspecified atom stereocenters. The van der Waals surface area contributed by atoms with Gasteiger partial charge < -0.3 is 9.84 Å². The van der Waals surface area contributed by atoms with Gasteiger partial charge in [0.25, 0.3) is 0 Å². The highest BCUT2D eigenvalue weighted by Gasteiger charge is 2.30. The van der Waals surface area contributed by atoms with Gasteiger partial charge in [-0.25, -0.2) is 0 Å². The smallest absolute Gasteiger partial charge is 0.231 e. The van der Waals surface area contributed by atoms with Crippen LogP contribution in [0.3, 0.4) is 0 Å². The molecule has 1 N–H and O–H groups in total. The fraction of sp³-hybridized carbons (Fsp3) is 0.846. The summed E-state index contributed by atoms with van der Waals surface area (Å²) in [6, 6.07) is 0.433. The molecule has 1 saturated carbocycles. The Morgan fingerprint density at radius 2 is 2.18 bits per heavy atom. The number of hydrogen-bond donors (Lipinski definition) is 1. The lowest BCUT2D eigenvalue weighted by atomic mass is 9.99. The van der Waals surface area contributed by atoms with Crippen molar-refractivity contribution < 1.29 is 4.52 Å². The van der Waals surface area contributed by atoms with Gasteiger partial charge in [-0.3, -0.25) is 0 Å². The Labute approximate surface area is 103 Å². The Hall–Kier alpha value is -0.900. The highest BCUT2D eigenvalue weighted by Crippen LogP contribution is 2.38. The van der Waals surface area contributed by atoms with Crippen LogP contribution in [0.15, 0.2) is 4.52 Å². The first-order valence-electron chi connectivity index (χ1n) is 6.83. The van der Waals surface area contributed by atoms with Crippen LogP contribution in [0.5, 0.6) is 0 Å². The van der Waals surface area contributed by atoms with E-state index in [1.54, 1.807) is 0 Å². The van der Waals surface area contributed by atoms with E-state index in [1.807, 2.05) is 0 Å². The first kappa shape index (κ1) is 12.6. The quantitative estimate of drug-likeness (QED) is 0.792. The van der Waals surface area contributed by atoms with Gasteiger partial charge in [0, 0.05) is 12.0 Å². The second-order valence-electron chi connectivity index (χ2n) is 5.02. The number of nitrogens with one attached hydrogen (secondary N) is 1. The topological polar surface area (TPSA) is 51.0 Å². The molecule has 0 aliphatic heterocycles. The molecule has 1 fully saturated rings.